The number of rotatable bonds is 7. The van der Waals surface area contributed by atoms with Gasteiger partial charge in [0.15, 0.2) is 0 Å². The summed E-state index contributed by atoms with van der Waals surface area (Å²) >= 11 is 0. The summed E-state index contributed by atoms with van der Waals surface area (Å²) in [5.41, 5.74) is 7.89. The van der Waals surface area contributed by atoms with Gasteiger partial charge in [-0.3, -0.25) is 4.79 Å². The highest BCUT2D eigenvalue weighted by Gasteiger charge is 2.07. The monoisotopic (exact) mass is 416 g/mol. The van der Waals surface area contributed by atoms with Gasteiger partial charge in [-0.05, 0) is 39.0 Å². The van der Waals surface area contributed by atoms with Crippen molar-refractivity contribution in [1.82, 2.24) is 0 Å². The van der Waals surface area contributed by atoms with Gasteiger partial charge < -0.3 is 5.11 Å². The molecule has 0 bridgehead atoms. The number of aliphatic carboxylic acids is 1. The third-order valence-corrected chi connectivity index (χ3v) is 5.30. The zero-order valence-corrected chi connectivity index (χ0v) is 17.7. The molecule has 32 heavy (non-hydrogen) atoms. The standard InChI is InChI=1S/C30H24O2/c31-30(32)14-8-7-13-29(27-19-15-25(16-20-27)23-9-3-1-4-10-23)28-21-17-26(18-22-28)24-11-5-2-6-12-24/h1-13,15-22H,14H2,(H,31,32)/b8-7+. The molecule has 0 fully saturated rings. The molecule has 0 spiro atoms. The first-order valence-electron chi connectivity index (χ1n) is 10.6. The second-order valence-corrected chi connectivity index (χ2v) is 7.49. The Morgan fingerprint density at radius 1 is 0.594 bits per heavy atom. The number of carboxylic acid groups (broad SMARTS) is 1. The summed E-state index contributed by atoms with van der Waals surface area (Å²) in [6.07, 6.45) is 5.47. The lowest BCUT2D eigenvalue weighted by molar-refractivity contribution is -0.136. The molecule has 0 aliphatic heterocycles. The zero-order chi connectivity index (χ0) is 22.2. The summed E-state index contributed by atoms with van der Waals surface area (Å²) in [5.74, 6) is -0.837. The summed E-state index contributed by atoms with van der Waals surface area (Å²) in [4.78, 5) is 10.9. The second kappa shape index (κ2) is 10.2. The Hall–Kier alpha value is -4.17. The predicted octanol–water partition coefficient (Wildman–Crippen LogP) is 7.48. The molecule has 4 rings (SSSR count). The number of benzene rings is 4. The number of hydrogen-bond donors (Lipinski definition) is 1. The van der Waals surface area contributed by atoms with Crippen LogP contribution in [0.15, 0.2) is 127 Å². The van der Waals surface area contributed by atoms with Crippen molar-refractivity contribution in [3.63, 3.8) is 0 Å². The molecule has 2 heteroatoms. The van der Waals surface area contributed by atoms with Crippen LogP contribution in [0.5, 0.6) is 0 Å². The van der Waals surface area contributed by atoms with Crippen LogP contribution in [0.25, 0.3) is 27.8 Å². The van der Waals surface area contributed by atoms with Gasteiger partial charge in [0.2, 0.25) is 0 Å². The Bertz CT molecular complexity index is 1130. The minimum absolute atomic E-state index is 0.00364. The van der Waals surface area contributed by atoms with Crippen molar-refractivity contribution in [2.24, 2.45) is 0 Å². The molecular formula is C30H24O2. The van der Waals surface area contributed by atoms with Crippen LogP contribution in [0.3, 0.4) is 0 Å². The molecule has 0 aliphatic carbocycles. The maximum atomic E-state index is 10.9. The average Bonchev–Trinajstić information content (AvgIpc) is 2.85. The summed E-state index contributed by atoms with van der Waals surface area (Å²) in [6.45, 7) is 0. The summed E-state index contributed by atoms with van der Waals surface area (Å²) < 4.78 is 0. The Labute approximate surface area is 188 Å². The van der Waals surface area contributed by atoms with Crippen molar-refractivity contribution in [1.29, 1.82) is 0 Å². The lowest BCUT2D eigenvalue weighted by Crippen LogP contribution is -1.90. The maximum Gasteiger partial charge on any atom is 0.307 e. The van der Waals surface area contributed by atoms with E-state index in [1.54, 1.807) is 6.08 Å². The molecule has 0 saturated carbocycles. The Kier molecular flexibility index (Phi) is 6.74. The number of carboxylic acids is 1. The highest BCUT2D eigenvalue weighted by atomic mass is 16.4. The van der Waals surface area contributed by atoms with Gasteiger partial charge in [-0.15, -0.1) is 0 Å². The Balaban J connectivity index is 1.67. The molecule has 0 radical (unpaired) electrons. The van der Waals surface area contributed by atoms with Gasteiger partial charge >= 0.3 is 5.97 Å². The van der Waals surface area contributed by atoms with E-state index >= 15 is 0 Å². The third kappa shape index (κ3) is 5.30. The highest BCUT2D eigenvalue weighted by molar-refractivity contribution is 5.83. The van der Waals surface area contributed by atoms with Gasteiger partial charge in [-0.25, -0.2) is 0 Å². The number of carbonyl (C=O) groups is 1. The van der Waals surface area contributed by atoms with E-state index in [2.05, 4.69) is 72.8 Å². The Morgan fingerprint density at radius 2 is 1.00 bits per heavy atom. The molecule has 1 N–H and O–H groups in total. The summed E-state index contributed by atoms with van der Waals surface area (Å²) in [7, 11) is 0. The molecule has 0 aliphatic rings. The van der Waals surface area contributed by atoms with E-state index in [4.69, 9.17) is 5.11 Å². The SMILES string of the molecule is O=C(O)C/C=C/C=C(c1ccc(-c2ccccc2)cc1)c1ccc(-c2ccccc2)cc1. The van der Waals surface area contributed by atoms with Crippen LogP contribution >= 0.6 is 0 Å². The van der Waals surface area contributed by atoms with Crippen LogP contribution in [0, 0.1) is 0 Å². The number of hydrogen-bond acceptors (Lipinski definition) is 1. The first kappa shape index (κ1) is 21.1. The van der Waals surface area contributed by atoms with Crippen molar-refractivity contribution in [2.45, 2.75) is 6.42 Å². The highest BCUT2D eigenvalue weighted by Crippen LogP contribution is 2.29. The van der Waals surface area contributed by atoms with Gasteiger partial charge in [-0.1, -0.05) is 127 Å². The topological polar surface area (TPSA) is 37.3 Å². The van der Waals surface area contributed by atoms with Gasteiger partial charge in [0, 0.05) is 0 Å². The molecule has 0 heterocycles. The normalized spacial score (nSPS) is 10.8. The van der Waals surface area contributed by atoms with E-state index in [0.717, 1.165) is 27.8 Å². The van der Waals surface area contributed by atoms with E-state index in [1.165, 1.54) is 11.1 Å². The Morgan fingerprint density at radius 3 is 1.41 bits per heavy atom. The van der Waals surface area contributed by atoms with Crippen molar-refractivity contribution < 1.29 is 9.90 Å². The number of allylic oxidation sites excluding steroid dienone is 2. The fourth-order valence-electron chi connectivity index (χ4n) is 3.64. The first-order chi connectivity index (χ1) is 15.7. The molecule has 2 nitrogen and oxygen atoms in total. The third-order valence-electron chi connectivity index (χ3n) is 5.30. The fraction of sp³-hybridized carbons (Fsp3) is 0.0333. The van der Waals surface area contributed by atoms with Crippen LogP contribution in [0.1, 0.15) is 17.5 Å². The van der Waals surface area contributed by atoms with Crippen molar-refractivity contribution in [3.8, 4) is 22.3 Å². The van der Waals surface area contributed by atoms with Crippen LogP contribution in [0.2, 0.25) is 0 Å². The molecule has 4 aromatic rings. The summed E-state index contributed by atoms with van der Waals surface area (Å²) in [5, 5.41) is 8.92. The maximum absolute atomic E-state index is 10.9. The first-order valence-corrected chi connectivity index (χ1v) is 10.6. The summed E-state index contributed by atoms with van der Waals surface area (Å²) in [6, 6.07) is 37.5. The van der Waals surface area contributed by atoms with Crippen LogP contribution in [0.4, 0.5) is 0 Å². The average molecular weight is 417 g/mol. The van der Waals surface area contributed by atoms with Crippen LogP contribution in [-0.4, -0.2) is 11.1 Å². The van der Waals surface area contributed by atoms with E-state index in [-0.39, 0.29) is 6.42 Å². The quantitative estimate of drug-likeness (QED) is 0.317. The second-order valence-electron chi connectivity index (χ2n) is 7.49. The molecule has 0 saturated heterocycles. The molecule has 156 valence electrons. The minimum Gasteiger partial charge on any atom is -0.481 e. The smallest absolute Gasteiger partial charge is 0.307 e. The molecule has 0 amide bonds. The van der Waals surface area contributed by atoms with E-state index in [1.807, 2.05) is 48.6 Å². The largest absolute Gasteiger partial charge is 0.481 e. The molecule has 0 aromatic heterocycles. The van der Waals surface area contributed by atoms with Gasteiger partial charge in [0.1, 0.15) is 0 Å². The minimum atomic E-state index is -0.837. The molecule has 0 atom stereocenters. The lowest BCUT2D eigenvalue weighted by Gasteiger charge is -2.11. The fourth-order valence-corrected chi connectivity index (χ4v) is 3.64. The van der Waals surface area contributed by atoms with Crippen molar-refractivity contribution in [3.05, 3.63) is 139 Å². The van der Waals surface area contributed by atoms with E-state index in [9.17, 15) is 4.79 Å². The van der Waals surface area contributed by atoms with Crippen LogP contribution in [-0.2, 0) is 4.79 Å². The lowest BCUT2D eigenvalue weighted by atomic mass is 9.93. The van der Waals surface area contributed by atoms with Gasteiger partial charge in [0.25, 0.3) is 0 Å². The molecule has 0 unspecified atom stereocenters. The van der Waals surface area contributed by atoms with Gasteiger partial charge in [0.05, 0.1) is 6.42 Å². The van der Waals surface area contributed by atoms with Crippen molar-refractivity contribution >= 4 is 11.5 Å². The molecule has 4 aromatic carbocycles. The van der Waals surface area contributed by atoms with Crippen LogP contribution < -0.4 is 0 Å². The van der Waals surface area contributed by atoms with E-state index in [0.29, 0.717) is 0 Å². The van der Waals surface area contributed by atoms with Gasteiger partial charge in [-0.2, -0.15) is 0 Å². The van der Waals surface area contributed by atoms with Crippen molar-refractivity contribution in [2.75, 3.05) is 0 Å². The zero-order valence-electron chi connectivity index (χ0n) is 17.7. The van der Waals surface area contributed by atoms with E-state index < -0.39 is 5.97 Å². The predicted molar refractivity (Wildman–Crippen MR) is 132 cm³/mol. The molecular weight excluding hydrogens is 392 g/mol.